The summed E-state index contributed by atoms with van der Waals surface area (Å²) in [6.07, 6.45) is 4.07. The highest BCUT2D eigenvalue weighted by Gasteiger charge is 2.09. The molecular weight excluding hydrogens is 256 g/mol. The average molecular weight is 276 g/mol. The lowest BCUT2D eigenvalue weighted by Crippen LogP contribution is -2.03. The van der Waals surface area contributed by atoms with Crippen LogP contribution in [0.15, 0.2) is 30.6 Å². The summed E-state index contributed by atoms with van der Waals surface area (Å²) in [7, 11) is 3.48. The summed E-state index contributed by atoms with van der Waals surface area (Å²) < 4.78 is 12.8. The van der Waals surface area contributed by atoms with Gasteiger partial charge in [0.25, 0.3) is 0 Å². The number of hydrogen-bond donors (Lipinski definition) is 1. The fraction of sp³-hybridized carbons (Fsp3) is 0.400. The lowest BCUT2D eigenvalue weighted by atomic mass is 10.1. The molecule has 0 spiro atoms. The van der Waals surface area contributed by atoms with E-state index in [-0.39, 0.29) is 0 Å². The van der Waals surface area contributed by atoms with Gasteiger partial charge < -0.3 is 14.6 Å². The normalized spacial score (nSPS) is 12.2. The lowest BCUT2D eigenvalue weighted by Gasteiger charge is -2.13. The van der Waals surface area contributed by atoms with Crippen LogP contribution in [0.5, 0.6) is 11.5 Å². The summed E-state index contributed by atoms with van der Waals surface area (Å²) in [6.45, 7) is 2.27. The number of hydrogen-bond acceptors (Lipinski definition) is 4. The van der Waals surface area contributed by atoms with Gasteiger partial charge in [0.2, 0.25) is 0 Å². The third-order valence-corrected chi connectivity index (χ3v) is 3.08. The molecule has 0 fully saturated rings. The molecule has 2 rings (SSSR count). The quantitative estimate of drug-likeness (QED) is 0.878. The van der Waals surface area contributed by atoms with Crippen molar-refractivity contribution in [3.8, 4) is 11.5 Å². The first kappa shape index (κ1) is 14.4. The molecule has 1 N–H and O–H groups in total. The van der Waals surface area contributed by atoms with E-state index in [1.54, 1.807) is 24.8 Å². The van der Waals surface area contributed by atoms with Crippen LogP contribution in [0.2, 0.25) is 0 Å². The van der Waals surface area contributed by atoms with E-state index < -0.39 is 6.10 Å². The topological polar surface area (TPSA) is 56.5 Å². The molecule has 0 aliphatic heterocycles. The molecule has 0 bridgehead atoms. The Kier molecular flexibility index (Phi) is 4.63. The van der Waals surface area contributed by atoms with Gasteiger partial charge in [-0.25, -0.2) is 0 Å². The molecule has 0 saturated heterocycles. The minimum atomic E-state index is -0.520. The molecule has 20 heavy (non-hydrogen) atoms. The van der Waals surface area contributed by atoms with Gasteiger partial charge in [-0.15, -0.1) is 0 Å². The Morgan fingerprint density at radius 3 is 2.75 bits per heavy atom. The van der Waals surface area contributed by atoms with E-state index in [1.807, 2.05) is 31.6 Å². The van der Waals surface area contributed by atoms with Crippen molar-refractivity contribution in [1.82, 2.24) is 9.78 Å². The van der Waals surface area contributed by atoms with Crippen LogP contribution >= 0.6 is 0 Å². The molecule has 5 nitrogen and oxygen atoms in total. The minimum absolute atomic E-state index is 0.520. The molecular formula is C15H20N2O3. The number of methoxy groups -OCH3 is 1. The first-order valence-electron chi connectivity index (χ1n) is 6.56. The third kappa shape index (κ3) is 3.51. The predicted molar refractivity (Wildman–Crippen MR) is 76.0 cm³/mol. The molecule has 0 radical (unpaired) electrons. The number of nitrogens with zero attached hydrogens (tertiary/aromatic N) is 2. The van der Waals surface area contributed by atoms with E-state index in [0.29, 0.717) is 18.1 Å². The smallest absolute Gasteiger partial charge is 0.161 e. The van der Waals surface area contributed by atoms with E-state index in [1.165, 1.54) is 0 Å². The van der Waals surface area contributed by atoms with Crippen molar-refractivity contribution in [2.45, 2.75) is 19.4 Å². The van der Waals surface area contributed by atoms with E-state index in [9.17, 15) is 5.11 Å². The second kappa shape index (κ2) is 6.43. The van der Waals surface area contributed by atoms with E-state index >= 15 is 0 Å². The minimum Gasteiger partial charge on any atom is -0.493 e. The number of aliphatic hydroxyl groups excluding tert-OH is 1. The highest BCUT2D eigenvalue weighted by atomic mass is 16.5. The largest absolute Gasteiger partial charge is 0.493 e. The van der Waals surface area contributed by atoms with Gasteiger partial charge in [-0.2, -0.15) is 5.10 Å². The Balaban J connectivity index is 1.98. The lowest BCUT2D eigenvalue weighted by molar-refractivity contribution is 0.198. The third-order valence-electron chi connectivity index (χ3n) is 3.08. The number of ether oxygens (including phenoxy) is 2. The Labute approximate surface area is 118 Å². The fourth-order valence-electron chi connectivity index (χ4n) is 1.94. The standard InChI is InChI=1S/C15H20N2O3/c1-11(18)13-4-5-14(15(8-13)19-3)20-7-6-12-9-16-17(2)10-12/h4-5,8-11,18H,6-7H2,1-3H3. The number of benzene rings is 1. The summed E-state index contributed by atoms with van der Waals surface area (Å²) >= 11 is 0. The van der Waals surface area contributed by atoms with Gasteiger partial charge in [-0.05, 0) is 30.2 Å². The Morgan fingerprint density at radius 2 is 2.15 bits per heavy atom. The zero-order valence-corrected chi connectivity index (χ0v) is 12.0. The maximum Gasteiger partial charge on any atom is 0.161 e. The van der Waals surface area contributed by atoms with Crippen molar-refractivity contribution >= 4 is 0 Å². The highest BCUT2D eigenvalue weighted by Crippen LogP contribution is 2.30. The van der Waals surface area contributed by atoms with Crippen LogP contribution < -0.4 is 9.47 Å². The Bertz CT molecular complexity index is 564. The molecule has 1 aromatic heterocycles. The monoisotopic (exact) mass is 276 g/mol. The Morgan fingerprint density at radius 1 is 1.35 bits per heavy atom. The maximum atomic E-state index is 9.56. The van der Waals surface area contributed by atoms with Gasteiger partial charge in [0.15, 0.2) is 11.5 Å². The highest BCUT2D eigenvalue weighted by molar-refractivity contribution is 5.43. The molecule has 0 saturated carbocycles. The average Bonchev–Trinajstić information content (AvgIpc) is 2.84. The zero-order chi connectivity index (χ0) is 14.5. The van der Waals surface area contributed by atoms with Crippen LogP contribution in [-0.4, -0.2) is 28.6 Å². The summed E-state index contributed by atoms with van der Waals surface area (Å²) in [5.74, 6) is 1.32. The molecule has 1 aromatic carbocycles. The van der Waals surface area contributed by atoms with E-state index in [2.05, 4.69) is 5.10 Å². The molecule has 1 heterocycles. The van der Waals surface area contributed by atoms with Crippen LogP contribution in [0.25, 0.3) is 0 Å². The molecule has 0 amide bonds. The molecule has 1 unspecified atom stereocenters. The zero-order valence-electron chi connectivity index (χ0n) is 12.0. The van der Waals surface area contributed by atoms with E-state index in [0.717, 1.165) is 17.5 Å². The van der Waals surface area contributed by atoms with E-state index in [4.69, 9.17) is 9.47 Å². The van der Waals surface area contributed by atoms with Gasteiger partial charge in [0, 0.05) is 19.7 Å². The fourth-order valence-corrected chi connectivity index (χ4v) is 1.94. The van der Waals surface area contributed by atoms with Gasteiger partial charge in [0.1, 0.15) is 0 Å². The van der Waals surface area contributed by atoms with Crippen LogP contribution in [0, 0.1) is 0 Å². The van der Waals surface area contributed by atoms with Crippen molar-refractivity contribution < 1.29 is 14.6 Å². The molecule has 2 aromatic rings. The van der Waals surface area contributed by atoms with Crippen LogP contribution in [0.3, 0.4) is 0 Å². The number of aromatic nitrogens is 2. The second-order valence-electron chi connectivity index (χ2n) is 4.71. The SMILES string of the molecule is COc1cc(C(C)O)ccc1OCCc1cnn(C)c1. The predicted octanol–water partition coefficient (Wildman–Crippen LogP) is 2.10. The number of aliphatic hydroxyl groups is 1. The van der Waals surface area contributed by atoms with Crippen molar-refractivity contribution in [2.24, 2.45) is 7.05 Å². The maximum absolute atomic E-state index is 9.56. The number of aryl methyl sites for hydroxylation is 1. The van der Waals surface area contributed by atoms with Gasteiger partial charge in [0.05, 0.1) is 26.0 Å². The molecule has 1 atom stereocenters. The van der Waals surface area contributed by atoms with Crippen molar-refractivity contribution in [1.29, 1.82) is 0 Å². The van der Waals surface area contributed by atoms with Crippen molar-refractivity contribution in [3.05, 3.63) is 41.7 Å². The number of rotatable bonds is 6. The first-order valence-corrected chi connectivity index (χ1v) is 6.56. The summed E-state index contributed by atoms with van der Waals surface area (Å²) in [6, 6.07) is 5.46. The van der Waals surface area contributed by atoms with Crippen LogP contribution in [0.4, 0.5) is 0 Å². The summed E-state index contributed by atoms with van der Waals surface area (Å²) in [4.78, 5) is 0. The van der Waals surface area contributed by atoms with Crippen LogP contribution in [-0.2, 0) is 13.5 Å². The van der Waals surface area contributed by atoms with Gasteiger partial charge in [-0.3, -0.25) is 4.68 Å². The van der Waals surface area contributed by atoms with Gasteiger partial charge >= 0.3 is 0 Å². The first-order chi connectivity index (χ1) is 9.60. The summed E-state index contributed by atoms with van der Waals surface area (Å²) in [5, 5.41) is 13.7. The summed E-state index contributed by atoms with van der Waals surface area (Å²) in [5.41, 5.74) is 1.94. The molecule has 108 valence electrons. The van der Waals surface area contributed by atoms with Gasteiger partial charge in [-0.1, -0.05) is 6.07 Å². The van der Waals surface area contributed by atoms with Crippen molar-refractivity contribution in [3.63, 3.8) is 0 Å². The molecule has 0 aliphatic rings. The molecule has 5 heteroatoms. The van der Waals surface area contributed by atoms with Crippen molar-refractivity contribution in [2.75, 3.05) is 13.7 Å². The Hall–Kier alpha value is -2.01. The molecule has 0 aliphatic carbocycles. The second-order valence-corrected chi connectivity index (χ2v) is 4.71. The van der Waals surface area contributed by atoms with Crippen LogP contribution in [0.1, 0.15) is 24.2 Å².